The van der Waals surface area contributed by atoms with Gasteiger partial charge in [0.25, 0.3) is 0 Å². The molecule has 0 aromatic heterocycles. The van der Waals surface area contributed by atoms with Crippen LogP contribution in [0.25, 0.3) is 5.32 Å². The van der Waals surface area contributed by atoms with E-state index in [0.29, 0.717) is 0 Å². The quantitative estimate of drug-likeness (QED) is 0.0981. The van der Waals surface area contributed by atoms with Crippen LogP contribution in [0.3, 0.4) is 0 Å². The van der Waals surface area contributed by atoms with E-state index in [2.05, 4.69) is 61.4 Å². The zero-order valence-electron chi connectivity index (χ0n) is 33.8. The van der Waals surface area contributed by atoms with E-state index in [-0.39, 0.29) is 21.7 Å². The van der Waals surface area contributed by atoms with Crippen LogP contribution in [0.1, 0.15) is 98.3 Å². The average Bonchev–Trinajstić information content (AvgIpc) is 3.53. The largest absolute Gasteiger partial charge is 0.668 e. The van der Waals surface area contributed by atoms with E-state index >= 15 is 0 Å². The molecule has 3 aliphatic rings. The summed E-state index contributed by atoms with van der Waals surface area (Å²) in [6, 6.07) is 0. The van der Waals surface area contributed by atoms with E-state index < -0.39 is 31.1 Å². The topological polar surface area (TPSA) is 61.5 Å². The van der Waals surface area contributed by atoms with Crippen molar-refractivity contribution in [1.29, 1.82) is 0 Å². The number of unbranched alkanes of at least 4 members (excludes halogenated alkanes) is 8. The van der Waals surface area contributed by atoms with E-state index in [1.54, 1.807) is 14.1 Å². The second-order valence-corrected chi connectivity index (χ2v) is 22.5. The van der Waals surface area contributed by atoms with Gasteiger partial charge in [-0.05, 0) is 19.9 Å². The number of hydrogen-bond donors (Lipinski definition) is 0. The Labute approximate surface area is 338 Å². The van der Waals surface area contributed by atoms with Crippen LogP contribution in [0, 0.1) is 7.43 Å². The van der Waals surface area contributed by atoms with E-state index in [1.165, 1.54) is 90.4 Å². The summed E-state index contributed by atoms with van der Waals surface area (Å²) in [6.07, 6.45) is 22.9. The number of nitrogens with zero attached hydrogens (tertiary/aromatic N) is 10. The molecular formula is C32H72B2Cl4N10Ti2-2. The van der Waals surface area contributed by atoms with Crippen LogP contribution in [0.15, 0.2) is 31.5 Å². The van der Waals surface area contributed by atoms with Gasteiger partial charge in [0.1, 0.15) is 0 Å². The fraction of sp³-hybridized carbons (Fsp3) is 0.844. The molecule has 0 bridgehead atoms. The Morgan fingerprint density at radius 1 is 0.540 bits per heavy atom. The van der Waals surface area contributed by atoms with Crippen LogP contribution in [0.2, 0.25) is 0 Å². The van der Waals surface area contributed by atoms with Crippen LogP contribution in [0.4, 0.5) is 0 Å². The molecule has 0 saturated carbocycles. The Kier molecular flexibility index (Phi) is 40.6. The summed E-state index contributed by atoms with van der Waals surface area (Å²) in [5.74, 6) is 0. The maximum atomic E-state index is 5.67. The summed E-state index contributed by atoms with van der Waals surface area (Å²) in [4.78, 5) is 15.5. The van der Waals surface area contributed by atoms with Gasteiger partial charge in [0.15, 0.2) is 0 Å². The fourth-order valence-electron chi connectivity index (χ4n) is 5.10. The Morgan fingerprint density at radius 3 is 1.08 bits per heavy atom. The molecule has 1 saturated heterocycles. The van der Waals surface area contributed by atoms with Gasteiger partial charge >= 0.3 is 161 Å². The van der Waals surface area contributed by atoms with Gasteiger partial charge in [-0.3, -0.25) is 14.7 Å². The SMILES string of the molecule is CCCCC.CCCCCCN1CN(C)CN(CCCCCC)C1.CN1C=CN(C)B1[N]=[Ti]([Cl])[Cl].CN1C=CN(C)B1[N]=[Ti]([Cl])[Cl].C[N-]C.[CH3-]. The molecule has 3 rings (SSSR count). The van der Waals surface area contributed by atoms with Crippen LogP contribution in [0.5, 0.6) is 0 Å². The molecule has 0 N–H and O–H groups in total. The molecule has 10 nitrogen and oxygen atoms in total. The number of halogens is 4. The molecular weight excluding hydrogens is 784 g/mol. The Hall–Kier alpha value is 0.838. The number of hydrogen-bond acceptors (Lipinski definition) is 9. The van der Waals surface area contributed by atoms with Crippen LogP contribution in [-0.2, 0) is 31.1 Å². The molecule has 18 heteroatoms. The monoisotopic (exact) mass is 854 g/mol. The van der Waals surface area contributed by atoms with Gasteiger partial charge in [-0.2, -0.15) is 14.1 Å². The van der Waals surface area contributed by atoms with Gasteiger partial charge in [0.2, 0.25) is 0 Å². The third-order valence-corrected chi connectivity index (χ3v) is 10.5. The second-order valence-electron chi connectivity index (χ2n) is 12.7. The van der Waals surface area contributed by atoms with Gasteiger partial charge in [-0.25, -0.2) is 0 Å². The van der Waals surface area contributed by atoms with Crippen LogP contribution >= 0.6 is 37.2 Å². The first-order valence-corrected chi connectivity index (χ1v) is 27.9. The van der Waals surface area contributed by atoms with Crippen molar-refractivity contribution in [1.82, 2.24) is 33.9 Å². The summed E-state index contributed by atoms with van der Waals surface area (Å²) in [7, 11) is 36.3. The Bertz CT molecular complexity index is 817. The molecule has 0 radical (unpaired) electrons. The van der Waals surface area contributed by atoms with E-state index in [9.17, 15) is 0 Å². The van der Waals surface area contributed by atoms with E-state index in [0.717, 1.165) is 13.3 Å². The van der Waals surface area contributed by atoms with Gasteiger partial charge in [-0.1, -0.05) is 85.5 Å². The van der Waals surface area contributed by atoms with Crippen molar-refractivity contribution < 1.29 is 31.1 Å². The Balaban J connectivity index is -0.000000615. The first-order chi connectivity index (χ1) is 23.3. The zero-order chi connectivity index (χ0) is 37.6. The van der Waals surface area contributed by atoms with Crippen LogP contribution in [-0.4, -0.2) is 131 Å². The summed E-state index contributed by atoms with van der Waals surface area (Å²) >= 11 is -4.19. The average molecular weight is 856 g/mol. The predicted octanol–water partition coefficient (Wildman–Crippen LogP) is 9.69. The first-order valence-electron chi connectivity index (χ1n) is 17.9. The molecule has 3 heterocycles. The standard InChI is InChI=1S/C16H35N3.C5H12.2C4H8BN3.C2H6N.CH3.4ClH.2Ti/c1-4-6-8-10-12-18-14-17(3)15-19(16-18)13-11-9-7-5-2;1-3-5-4-2;2*1-7-3-4-8(2)5(7)6;1-3-2;;;;;;;/h4-16H2,1-3H3;3-5H2,1-2H3;2*3-4H,1-2H3;1-2H3;1H3;4*1H;;/q;;;;2*-1;;;;;2*+2/p-4. The van der Waals surface area contributed by atoms with Crippen LogP contribution < -0.4 is 0 Å². The van der Waals surface area contributed by atoms with E-state index in [1.807, 2.05) is 72.2 Å². The molecule has 50 heavy (non-hydrogen) atoms. The summed E-state index contributed by atoms with van der Waals surface area (Å²) in [6.45, 7) is 15.0. The molecule has 0 aromatic rings. The second kappa shape index (κ2) is 36.8. The molecule has 0 aliphatic carbocycles. The van der Waals surface area contributed by atoms with Crippen molar-refractivity contribution >= 4 is 51.5 Å². The molecule has 0 atom stereocenters. The fourth-order valence-corrected chi connectivity index (χ4v) is 8.23. The summed E-state index contributed by atoms with van der Waals surface area (Å²) in [5.41, 5.74) is 0. The van der Waals surface area contributed by atoms with Gasteiger partial charge in [0.05, 0.1) is 20.0 Å². The maximum Gasteiger partial charge on any atom is -0.162 e. The molecule has 0 amide bonds. The minimum Gasteiger partial charge on any atom is -0.668 e. The normalized spacial score (nSPS) is 15.6. The molecule has 294 valence electrons. The minimum atomic E-state index is -2.09. The predicted molar refractivity (Wildman–Crippen MR) is 220 cm³/mol. The molecule has 0 aromatic carbocycles. The van der Waals surface area contributed by atoms with Crippen molar-refractivity contribution in [3.8, 4) is 0 Å². The number of rotatable bonds is 14. The van der Waals surface area contributed by atoms with Crippen molar-refractivity contribution in [2.24, 2.45) is 6.66 Å². The minimum absolute atomic E-state index is 0. The van der Waals surface area contributed by atoms with Crippen molar-refractivity contribution in [3.05, 3.63) is 37.5 Å². The smallest absolute Gasteiger partial charge is 0.162 e. The molecule has 3 aliphatic heterocycles. The first kappa shape index (κ1) is 55.2. The molecule has 0 unspecified atom stereocenters. The summed E-state index contributed by atoms with van der Waals surface area (Å²) < 4.78 is 8.45. The van der Waals surface area contributed by atoms with Gasteiger partial charge < -0.3 is 12.7 Å². The van der Waals surface area contributed by atoms with Crippen molar-refractivity contribution in [2.45, 2.75) is 98.3 Å². The third-order valence-electron chi connectivity index (χ3n) is 7.60. The Morgan fingerprint density at radius 2 is 0.840 bits per heavy atom. The molecule has 0 spiro atoms. The van der Waals surface area contributed by atoms with Gasteiger partial charge in [0, 0.05) is 13.1 Å². The third kappa shape index (κ3) is 30.2. The molecule has 1 fully saturated rings. The van der Waals surface area contributed by atoms with E-state index in [4.69, 9.17) is 37.2 Å². The zero-order valence-corrected chi connectivity index (χ0v) is 39.9. The van der Waals surface area contributed by atoms with Crippen molar-refractivity contribution in [2.75, 3.05) is 82.4 Å². The summed E-state index contributed by atoms with van der Waals surface area (Å²) in [5, 5.41) is 3.50. The van der Waals surface area contributed by atoms with Crippen molar-refractivity contribution in [3.63, 3.8) is 0 Å². The van der Waals surface area contributed by atoms with Gasteiger partial charge in [-0.15, -0.1) is 0 Å². The maximum absolute atomic E-state index is 5.67.